The molecule has 0 radical (unpaired) electrons. The molecule has 5 nitrogen and oxygen atoms in total. The third-order valence-corrected chi connectivity index (χ3v) is 4.68. The molecule has 21 heavy (non-hydrogen) atoms. The quantitative estimate of drug-likeness (QED) is 0.794. The minimum absolute atomic E-state index is 0.0191. The number of imidazole rings is 1. The van der Waals surface area contributed by atoms with E-state index in [1.54, 1.807) is 6.20 Å². The monoisotopic (exact) mass is 307 g/mol. The number of fused-ring (bicyclic) bond motifs is 1. The highest BCUT2D eigenvalue weighted by Crippen LogP contribution is 2.26. The molecule has 0 aliphatic rings. The Labute approximate surface area is 128 Å². The van der Waals surface area contributed by atoms with Gasteiger partial charge < -0.3 is 9.67 Å². The Morgan fingerprint density at radius 1 is 1.43 bits per heavy atom. The summed E-state index contributed by atoms with van der Waals surface area (Å²) in [5, 5.41) is 9.65. The van der Waals surface area contributed by atoms with Crippen molar-refractivity contribution < 1.29 is 9.90 Å². The highest BCUT2D eigenvalue weighted by molar-refractivity contribution is 7.99. The van der Waals surface area contributed by atoms with E-state index in [2.05, 4.69) is 28.4 Å². The van der Waals surface area contributed by atoms with Crippen LogP contribution in [0.1, 0.15) is 32.3 Å². The van der Waals surface area contributed by atoms with E-state index in [1.165, 1.54) is 11.8 Å². The van der Waals surface area contributed by atoms with Crippen molar-refractivity contribution >= 4 is 28.9 Å². The molecule has 0 saturated carbocycles. The van der Waals surface area contributed by atoms with Gasteiger partial charge in [-0.1, -0.05) is 38.5 Å². The van der Waals surface area contributed by atoms with Gasteiger partial charge in [0.25, 0.3) is 0 Å². The fraction of sp³-hybridized carbons (Fsp3) is 0.533. The number of aryl methyl sites for hydroxylation is 1. The van der Waals surface area contributed by atoms with Gasteiger partial charge in [0, 0.05) is 12.7 Å². The summed E-state index contributed by atoms with van der Waals surface area (Å²) in [6, 6.07) is 1.93. The molecular weight excluding hydrogens is 286 g/mol. The van der Waals surface area contributed by atoms with E-state index in [0.29, 0.717) is 5.92 Å². The standard InChI is InChI=1S/C15H21N3O2S/c1-4-11(5-2)8-18-14-13(10(3)6-7-16-14)17-15(18)21-9-12(19)20/h6-7,11H,4-5,8-9H2,1-3H3,(H,19,20). The first-order chi connectivity index (χ1) is 10.1. The van der Waals surface area contributed by atoms with E-state index in [0.717, 1.165) is 41.3 Å². The first-order valence-corrected chi connectivity index (χ1v) is 8.21. The number of carbonyl (C=O) groups is 1. The lowest BCUT2D eigenvalue weighted by atomic mass is 10.0. The highest BCUT2D eigenvalue weighted by Gasteiger charge is 2.17. The molecule has 0 fully saturated rings. The molecule has 0 amide bonds. The Morgan fingerprint density at radius 3 is 2.76 bits per heavy atom. The van der Waals surface area contributed by atoms with E-state index < -0.39 is 5.97 Å². The van der Waals surface area contributed by atoms with Crippen LogP contribution in [0.15, 0.2) is 17.4 Å². The van der Waals surface area contributed by atoms with E-state index in [4.69, 9.17) is 5.11 Å². The van der Waals surface area contributed by atoms with Crippen molar-refractivity contribution in [3.63, 3.8) is 0 Å². The van der Waals surface area contributed by atoms with Crippen LogP contribution in [0.3, 0.4) is 0 Å². The summed E-state index contributed by atoms with van der Waals surface area (Å²) in [6.45, 7) is 7.19. The van der Waals surface area contributed by atoms with E-state index >= 15 is 0 Å². The van der Waals surface area contributed by atoms with Crippen LogP contribution in [0, 0.1) is 12.8 Å². The summed E-state index contributed by atoms with van der Waals surface area (Å²) < 4.78 is 2.08. The SMILES string of the molecule is CCC(CC)Cn1c(SCC(=O)O)nc2c(C)ccnc21. The minimum Gasteiger partial charge on any atom is -0.481 e. The van der Waals surface area contributed by atoms with Crippen molar-refractivity contribution in [2.45, 2.75) is 45.3 Å². The van der Waals surface area contributed by atoms with Crippen molar-refractivity contribution in [1.82, 2.24) is 14.5 Å². The number of carboxylic acids is 1. The summed E-state index contributed by atoms with van der Waals surface area (Å²) in [4.78, 5) is 19.9. The zero-order valence-corrected chi connectivity index (χ0v) is 13.5. The molecule has 0 aliphatic carbocycles. The van der Waals surface area contributed by atoms with Gasteiger partial charge in [0.05, 0.1) is 5.75 Å². The normalized spacial score (nSPS) is 11.4. The van der Waals surface area contributed by atoms with Gasteiger partial charge in [-0.05, 0) is 24.5 Å². The predicted octanol–water partition coefficient (Wildman–Crippen LogP) is 3.35. The van der Waals surface area contributed by atoms with E-state index in [-0.39, 0.29) is 5.75 Å². The molecule has 2 aromatic heterocycles. The van der Waals surface area contributed by atoms with Gasteiger partial charge in [-0.25, -0.2) is 9.97 Å². The summed E-state index contributed by atoms with van der Waals surface area (Å²) in [6.07, 6.45) is 3.96. The van der Waals surface area contributed by atoms with Gasteiger partial charge in [-0.15, -0.1) is 0 Å². The number of carboxylic acid groups (broad SMARTS) is 1. The second-order valence-electron chi connectivity index (χ2n) is 5.17. The Bertz CT molecular complexity index is 635. The minimum atomic E-state index is -0.828. The summed E-state index contributed by atoms with van der Waals surface area (Å²) in [5.41, 5.74) is 2.80. The van der Waals surface area contributed by atoms with Crippen LogP contribution in [-0.4, -0.2) is 31.4 Å². The Balaban J connectivity index is 2.44. The topological polar surface area (TPSA) is 68.0 Å². The molecule has 2 aromatic rings. The molecule has 0 saturated heterocycles. The average molecular weight is 307 g/mol. The van der Waals surface area contributed by atoms with Crippen LogP contribution in [0.5, 0.6) is 0 Å². The van der Waals surface area contributed by atoms with Crippen molar-refractivity contribution in [2.24, 2.45) is 5.92 Å². The van der Waals surface area contributed by atoms with Crippen LogP contribution in [-0.2, 0) is 11.3 Å². The second kappa shape index (κ2) is 6.93. The number of pyridine rings is 1. The number of aliphatic carboxylic acids is 1. The second-order valence-corrected chi connectivity index (χ2v) is 6.11. The summed E-state index contributed by atoms with van der Waals surface area (Å²) >= 11 is 1.26. The fourth-order valence-corrected chi connectivity index (χ4v) is 3.05. The highest BCUT2D eigenvalue weighted by atomic mass is 32.2. The van der Waals surface area contributed by atoms with Gasteiger partial charge in [0.1, 0.15) is 5.52 Å². The lowest BCUT2D eigenvalue weighted by molar-refractivity contribution is -0.133. The zero-order chi connectivity index (χ0) is 15.4. The van der Waals surface area contributed by atoms with Crippen molar-refractivity contribution in [3.05, 3.63) is 17.8 Å². The van der Waals surface area contributed by atoms with Crippen molar-refractivity contribution in [2.75, 3.05) is 5.75 Å². The molecular formula is C15H21N3O2S. The number of nitrogens with zero attached hydrogens (tertiary/aromatic N) is 3. The number of aromatic nitrogens is 3. The molecule has 114 valence electrons. The van der Waals surface area contributed by atoms with Gasteiger partial charge in [0.15, 0.2) is 10.8 Å². The number of hydrogen-bond acceptors (Lipinski definition) is 4. The predicted molar refractivity (Wildman–Crippen MR) is 84.7 cm³/mol. The van der Waals surface area contributed by atoms with Crippen LogP contribution in [0.25, 0.3) is 11.2 Å². The summed E-state index contributed by atoms with van der Waals surface area (Å²) in [7, 11) is 0. The molecule has 1 N–H and O–H groups in total. The van der Waals surface area contributed by atoms with Gasteiger partial charge >= 0.3 is 5.97 Å². The maximum Gasteiger partial charge on any atom is 0.313 e. The fourth-order valence-electron chi connectivity index (χ4n) is 2.32. The first kappa shape index (κ1) is 15.8. The molecule has 6 heteroatoms. The zero-order valence-electron chi connectivity index (χ0n) is 12.7. The van der Waals surface area contributed by atoms with Crippen molar-refractivity contribution in [3.8, 4) is 0 Å². The van der Waals surface area contributed by atoms with Gasteiger partial charge in [-0.2, -0.15) is 0 Å². The third-order valence-electron chi connectivity index (χ3n) is 3.72. The number of thioether (sulfide) groups is 1. The molecule has 2 heterocycles. The average Bonchev–Trinajstić information content (AvgIpc) is 2.82. The van der Waals surface area contributed by atoms with Crippen LogP contribution >= 0.6 is 11.8 Å². The van der Waals surface area contributed by atoms with Crippen molar-refractivity contribution in [1.29, 1.82) is 0 Å². The lowest BCUT2D eigenvalue weighted by Gasteiger charge is -2.15. The smallest absolute Gasteiger partial charge is 0.313 e. The molecule has 0 spiro atoms. The maximum absolute atomic E-state index is 10.8. The Kier molecular flexibility index (Phi) is 5.22. The van der Waals surface area contributed by atoms with Crippen LogP contribution in [0.2, 0.25) is 0 Å². The number of rotatable bonds is 7. The molecule has 0 aliphatic heterocycles. The van der Waals surface area contributed by atoms with E-state index in [9.17, 15) is 4.79 Å². The Morgan fingerprint density at radius 2 is 2.14 bits per heavy atom. The lowest BCUT2D eigenvalue weighted by Crippen LogP contribution is -2.11. The molecule has 0 bridgehead atoms. The number of hydrogen-bond donors (Lipinski definition) is 1. The Hall–Kier alpha value is -1.56. The maximum atomic E-state index is 10.8. The van der Waals surface area contributed by atoms with Gasteiger partial charge in [0.2, 0.25) is 0 Å². The first-order valence-electron chi connectivity index (χ1n) is 7.23. The summed E-state index contributed by atoms with van der Waals surface area (Å²) in [5.74, 6) is -0.259. The van der Waals surface area contributed by atoms with Crippen LogP contribution < -0.4 is 0 Å². The van der Waals surface area contributed by atoms with Crippen LogP contribution in [0.4, 0.5) is 0 Å². The molecule has 0 atom stereocenters. The molecule has 0 aromatic carbocycles. The molecule has 0 unspecified atom stereocenters. The van der Waals surface area contributed by atoms with Gasteiger partial charge in [-0.3, -0.25) is 4.79 Å². The molecule has 2 rings (SSSR count). The third kappa shape index (κ3) is 3.56. The van der Waals surface area contributed by atoms with E-state index in [1.807, 2.05) is 13.0 Å². The largest absolute Gasteiger partial charge is 0.481 e.